The van der Waals surface area contributed by atoms with Crippen LogP contribution < -0.4 is 11.1 Å². The molecule has 2 atom stereocenters. The fraction of sp³-hybridized carbons (Fsp3) is 0.462. The lowest BCUT2D eigenvalue weighted by molar-refractivity contribution is -0.698. The molecule has 16 heavy (non-hydrogen) atoms. The zero-order valence-corrected chi connectivity index (χ0v) is 9.43. The molecule has 0 aromatic heterocycles. The lowest BCUT2D eigenvalue weighted by Crippen LogP contribution is -2.92. The lowest BCUT2D eigenvalue weighted by Gasteiger charge is -2.26. The molecular formula is C13H19N2O+. The number of amides is 1. The minimum atomic E-state index is -0.200. The number of quaternary nitrogens is 1. The van der Waals surface area contributed by atoms with Crippen LogP contribution in [0.4, 0.5) is 0 Å². The zero-order valence-electron chi connectivity index (χ0n) is 9.43. The third-order valence-corrected chi connectivity index (χ3v) is 3.35. The average molecular weight is 219 g/mol. The molecule has 0 unspecified atom stereocenters. The standard InChI is InChI=1S/C13H18N2O/c14-13(16)12(10-6-2-1-3-7-10)11-8-4-5-9-15-11/h1-3,6-7,11-12,15H,4-5,8-9H2,(H2,14,16)/p+1/t11-,12+/m0/s1. The number of carbonyl (C=O) groups excluding carboxylic acids is 1. The van der Waals surface area contributed by atoms with E-state index in [4.69, 9.17) is 5.73 Å². The van der Waals surface area contributed by atoms with Crippen molar-refractivity contribution in [3.63, 3.8) is 0 Å². The molecule has 86 valence electrons. The maximum absolute atomic E-state index is 11.6. The second-order valence-corrected chi connectivity index (χ2v) is 4.47. The summed E-state index contributed by atoms with van der Waals surface area (Å²) < 4.78 is 0. The molecule has 1 aromatic rings. The van der Waals surface area contributed by atoms with Crippen molar-refractivity contribution in [1.29, 1.82) is 0 Å². The minimum Gasteiger partial charge on any atom is -0.369 e. The van der Waals surface area contributed by atoms with Crippen molar-refractivity contribution in [2.75, 3.05) is 6.54 Å². The highest BCUT2D eigenvalue weighted by Crippen LogP contribution is 2.21. The van der Waals surface area contributed by atoms with Gasteiger partial charge in [-0.2, -0.15) is 0 Å². The Balaban J connectivity index is 2.20. The van der Waals surface area contributed by atoms with Gasteiger partial charge in [-0.3, -0.25) is 4.79 Å². The lowest BCUT2D eigenvalue weighted by atomic mass is 9.86. The number of hydrogen-bond donors (Lipinski definition) is 2. The van der Waals surface area contributed by atoms with E-state index in [2.05, 4.69) is 5.32 Å². The summed E-state index contributed by atoms with van der Waals surface area (Å²) >= 11 is 0. The van der Waals surface area contributed by atoms with E-state index in [1.807, 2.05) is 30.3 Å². The molecule has 0 saturated carbocycles. The van der Waals surface area contributed by atoms with Crippen LogP contribution in [0.3, 0.4) is 0 Å². The number of nitrogens with two attached hydrogens (primary N) is 2. The van der Waals surface area contributed by atoms with Crippen LogP contribution in [-0.4, -0.2) is 18.5 Å². The van der Waals surface area contributed by atoms with Gasteiger partial charge in [0.15, 0.2) is 0 Å². The maximum atomic E-state index is 11.6. The van der Waals surface area contributed by atoms with Crippen LogP contribution in [-0.2, 0) is 4.79 Å². The van der Waals surface area contributed by atoms with E-state index >= 15 is 0 Å². The zero-order chi connectivity index (χ0) is 11.4. The number of benzene rings is 1. The first-order chi connectivity index (χ1) is 7.79. The third kappa shape index (κ3) is 2.42. The Morgan fingerprint density at radius 1 is 1.31 bits per heavy atom. The minimum absolute atomic E-state index is 0.138. The van der Waals surface area contributed by atoms with Crippen molar-refractivity contribution in [2.45, 2.75) is 31.2 Å². The normalized spacial score (nSPS) is 22.6. The molecule has 1 saturated heterocycles. The molecule has 1 aliphatic heterocycles. The summed E-state index contributed by atoms with van der Waals surface area (Å²) in [5, 5.41) is 2.27. The number of piperidine rings is 1. The van der Waals surface area contributed by atoms with Crippen molar-refractivity contribution >= 4 is 5.91 Å². The Morgan fingerprint density at radius 3 is 2.62 bits per heavy atom. The van der Waals surface area contributed by atoms with Gasteiger partial charge in [-0.1, -0.05) is 30.3 Å². The Labute approximate surface area is 96.0 Å². The summed E-state index contributed by atoms with van der Waals surface area (Å²) in [6.45, 7) is 1.11. The van der Waals surface area contributed by atoms with E-state index in [0.29, 0.717) is 6.04 Å². The van der Waals surface area contributed by atoms with Crippen LogP contribution in [0, 0.1) is 0 Å². The van der Waals surface area contributed by atoms with Crippen LogP contribution in [0.2, 0.25) is 0 Å². The van der Waals surface area contributed by atoms with E-state index in [1.54, 1.807) is 0 Å². The predicted octanol–water partition coefficient (Wildman–Crippen LogP) is 0.371. The molecule has 4 N–H and O–H groups in total. The van der Waals surface area contributed by atoms with Crippen LogP contribution in [0.15, 0.2) is 30.3 Å². The summed E-state index contributed by atoms with van der Waals surface area (Å²) in [5.41, 5.74) is 6.59. The van der Waals surface area contributed by atoms with Gasteiger partial charge in [0, 0.05) is 6.42 Å². The van der Waals surface area contributed by atoms with Crippen molar-refractivity contribution in [1.82, 2.24) is 0 Å². The van der Waals surface area contributed by atoms with Crippen LogP contribution in [0.1, 0.15) is 30.7 Å². The van der Waals surface area contributed by atoms with Gasteiger partial charge >= 0.3 is 0 Å². The molecular weight excluding hydrogens is 200 g/mol. The third-order valence-electron chi connectivity index (χ3n) is 3.35. The molecule has 1 amide bonds. The van der Waals surface area contributed by atoms with Crippen molar-refractivity contribution in [3.05, 3.63) is 35.9 Å². The van der Waals surface area contributed by atoms with E-state index in [1.165, 1.54) is 12.8 Å². The van der Waals surface area contributed by atoms with Crippen molar-refractivity contribution < 1.29 is 10.1 Å². The van der Waals surface area contributed by atoms with Gasteiger partial charge in [0.2, 0.25) is 5.91 Å². The Hall–Kier alpha value is -1.35. The SMILES string of the molecule is NC(=O)[C@H](c1ccccc1)[C@@H]1CCCC[NH2+]1. The molecule has 1 aromatic carbocycles. The molecule has 2 rings (SSSR count). The van der Waals surface area contributed by atoms with E-state index < -0.39 is 0 Å². The van der Waals surface area contributed by atoms with E-state index in [0.717, 1.165) is 18.5 Å². The molecule has 0 aliphatic carbocycles. The van der Waals surface area contributed by atoms with Crippen molar-refractivity contribution in [3.8, 4) is 0 Å². The van der Waals surface area contributed by atoms with Gasteiger partial charge < -0.3 is 11.1 Å². The number of hydrogen-bond acceptors (Lipinski definition) is 1. The fourth-order valence-corrected chi connectivity index (χ4v) is 2.56. The summed E-state index contributed by atoms with van der Waals surface area (Å²) in [6.07, 6.45) is 3.54. The second kappa shape index (κ2) is 5.12. The first-order valence-electron chi connectivity index (χ1n) is 5.96. The topological polar surface area (TPSA) is 59.7 Å². The molecule has 1 fully saturated rings. The van der Waals surface area contributed by atoms with Gasteiger partial charge in [0.25, 0.3) is 0 Å². The summed E-state index contributed by atoms with van der Waals surface area (Å²) in [5.74, 6) is -0.337. The van der Waals surface area contributed by atoms with E-state index in [9.17, 15) is 4.79 Å². The predicted molar refractivity (Wildman–Crippen MR) is 62.8 cm³/mol. The van der Waals surface area contributed by atoms with Gasteiger partial charge in [-0.25, -0.2) is 0 Å². The molecule has 0 spiro atoms. The molecule has 0 radical (unpaired) electrons. The summed E-state index contributed by atoms with van der Waals surface area (Å²) in [6, 6.07) is 10.2. The monoisotopic (exact) mass is 219 g/mol. The molecule has 3 nitrogen and oxygen atoms in total. The number of carbonyl (C=O) groups is 1. The molecule has 3 heteroatoms. The molecule has 1 heterocycles. The molecule has 0 bridgehead atoms. The van der Waals surface area contributed by atoms with Gasteiger partial charge in [0.05, 0.1) is 6.54 Å². The fourth-order valence-electron chi connectivity index (χ4n) is 2.56. The number of rotatable bonds is 3. The average Bonchev–Trinajstić information content (AvgIpc) is 2.31. The maximum Gasteiger partial charge on any atom is 0.231 e. The van der Waals surface area contributed by atoms with Crippen molar-refractivity contribution in [2.24, 2.45) is 5.73 Å². The highest BCUT2D eigenvalue weighted by atomic mass is 16.1. The smallest absolute Gasteiger partial charge is 0.231 e. The van der Waals surface area contributed by atoms with Gasteiger partial charge in [-0.05, 0) is 18.4 Å². The van der Waals surface area contributed by atoms with Gasteiger partial charge in [-0.15, -0.1) is 0 Å². The summed E-state index contributed by atoms with van der Waals surface area (Å²) in [4.78, 5) is 11.6. The largest absolute Gasteiger partial charge is 0.369 e. The Bertz CT molecular complexity index is 344. The Kier molecular flexibility index (Phi) is 3.57. The first kappa shape index (κ1) is 11.1. The Morgan fingerprint density at radius 2 is 2.06 bits per heavy atom. The van der Waals surface area contributed by atoms with Crippen LogP contribution >= 0.6 is 0 Å². The number of primary amides is 1. The first-order valence-corrected chi connectivity index (χ1v) is 5.96. The van der Waals surface area contributed by atoms with Crippen LogP contribution in [0.25, 0.3) is 0 Å². The van der Waals surface area contributed by atoms with Crippen LogP contribution in [0.5, 0.6) is 0 Å². The van der Waals surface area contributed by atoms with E-state index in [-0.39, 0.29) is 11.8 Å². The molecule has 1 aliphatic rings. The highest BCUT2D eigenvalue weighted by molar-refractivity contribution is 5.82. The highest BCUT2D eigenvalue weighted by Gasteiger charge is 2.32. The summed E-state index contributed by atoms with van der Waals surface area (Å²) in [7, 11) is 0. The second-order valence-electron chi connectivity index (χ2n) is 4.47. The van der Waals surface area contributed by atoms with Gasteiger partial charge in [0.1, 0.15) is 12.0 Å². The quantitative estimate of drug-likeness (QED) is 0.758.